The minimum atomic E-state index is -5.11. The molecule has 554 valence electrons. The molecule has 19 heteroatoms. The minimum absolute atomic E-state index is 0.00609. The van der Waals surface area contributed by atoms with Gasteiger partial charge in [-0.2, -0.15) is 23.7 Å². The number of hydrogen-bond acceptors (Lipinski definition) is 14. The molecule has 0 radical (unpaired) electrons. The maximum atomic E-state index is 17.1. The lowest BCUT2D eigenvalue weighted by Gasteiger charge is -2.23. The fourth-order valence-electron chi connectivity index (χ4n) is 15.2. The van der Waals surface area contributed by atoms with Crippen LogP contribution in [0.15, 0.2) is 346 Å². The molecule has 0 spiro atoms. The van der Waals surface area contributed by atoms with E-state index in [2.05, 4.69) is 6.07 Å². The molecule has 0 aliphatic rings. The molecule has 20 rings (SSSR count). The maximum Gasteiger partial charge on any atom is 0.417 e. The normalized spacial score (nSPS) is 11.5. The monoisotopic (exact) mass is 1530 g/mol. The highest BCUT2D eigenvalue weighted by Crippen LogP contribution is 2.49. The van der Waals surface area contributed by atoms with Gasteiger partial charge in [-0.1, -0.05) is 297 Å². The maximum absolute atomic E-state index is 17.1. The average Bonchev–Trinajstić information content (AvgIpc) is 1.64. The lowest BCUT2D eigenvalue weighted by molar-refractivity contribution is -0.137. The van der Waals surface area contributed by atoms with Gasteiger partial charge in [-0.15, -0.1) is 0 Å². The smallest absolute Gasteiger partial charge is 0.308 e. The number of fused-ring (bicyclic) bond motifs is 6. The average molecular weight is 1530 g/mol. The topological polar surface area (TPSA) is 212 Å². The number of alkyl halides is 3. The zero-order valence-electron chi connectivity index (χ0n) is 62.2. The van der Waals surface area contributed by atoms with E-state index in [4.69, 9.17) is 59.8 Å². The summed E-state index contributed by atoms with van der Waals surface area (Å²) in [5, 5.41) is 25.3. The van der Waals surface area contributed by atoms with Crippen molar-refractivity contribution in [2.75, 3.05) is 0 Å². The number of rotatable bonds is 15. The van der Waals surface area contributed by atoms with E-state index in [1.165, 1.54) is 12.1 Å². The number of nitriles is 2. The number of benzene rings is 14. The Kier molecular flexibility index (Phi) is 17.7. The van der Waals surface area contributed by atoms with Crippen LogP contribution in [-0.2, 0) is 6.18 Å². The summed E-state index contributed by atoms with van der Waals surface area (Å²) < 4.78 is 55.1. The zero-order chi connectivity index (χ0) is 79.4. The van der Waals surface area contributed by atoms with Crippen molar-refractivity contribution in [3.05, 3.63) is 362 Å². The molecular weight excluding hydrogens is 1470 g/mol. The van der Waals surface area contributed by atoms with Crippen LogP contribution in [0.25, 0.3) is 203 Å². The largest absolute Gasteiger partial charge is 0.417 e. The highest BCUT2D eigenvalue weighted by molar-refractivity contribution is 6.14. The third kappa shape index (κ3) is 13.2. The number of aromatic nitrogens is 14. The van der Waals surface area contributed by atoms with Crippen LogP contribution in [0.3, 0.4) is 0 Å². The molecule has 0 aliphatic carbocycles. The van der Waals surface area contributed by atoms with E-state index in [0.29, 0.717) is 136 Å². The molecule has 0 bridgehead atoms. The summed E-state index contributed by atoms with van der Waals surface area (Å²) in [6.07, 6.45) is -5.11. The Morgan fingerprint density at radius 3 is 0.636 bits per heavy atom. The fraction of sp³-hybridized carbons (Fsp3) is 0.0101. The third-order valence-electron chi connectivity index (χ3n) is 20.8. The second-order valence-electron chi connectivity index (χ2n) is 28.1. The third-order valence-corrected chi connectivity index (χ3v) is 20.8. The first-order chi connectivity index (χ1) is 58.0. The highest BCUT2D eigenvalue weighted by atomic mass is 19.4. The first-order valence-electron chi connectivity index (χ1n) is 37.9. The van der Waals surface area contributed by atoms with Gasteiger partial charge in [0.15, 0.2) is 69.9 Å². The second-order valence-corrected chi connectivity index (χ2v) is 28.1. The Bertz CT molecular complexity index is 6420. The Labute approximate surface area is 672 Å². The van der Waals surface area contributed by atoms with Crippen molar-refractivity contribution in [1.82, 2.24) is 68.9 Å². The van der Waals surface area contributed by atoms with Crippen LogP contribution in [-0.4, -0.2) is 68.9 Å². The highest BCUT2D eigenvalue weighted by Gasteiger charge is 2.37. The van der Waals surface area contributed by atoms with Gasteiger partial charge in [0.1, 0.15) is 0 Å². The number of nitrogens with zero attached hydrogens (tertiary/aromatic N) is 16. The lowest BCUT2D eigenvalue weighted by atomic mass is 9.92. The molecule has 6 heterocycles. The molecule has 0 unspecified atom stereocenters. The summed E-state index contributed by atoms with van der Waals surface area (Å²) in [5.41, 5.74) is 8.51. The summed E-state index contributed by atoms with van der Waals surface area (Å²) in [4.78, 5) is 61.7. The fourth-order valence-corrected chi connectivity index (χ4v) is 15.2. The van der Waals surface area contributed by atoms with Gasteiger partial charge in [-0.3, -0.25) is 0 Å². The first-order valence-corrected chi connectivity index (χ1v) is 37.9. The summed E-state index contributed by atoms with van der Waals surface area (Å²) in [6.45, 7) is 0. The Morgan fingerprint density at radius 2 is 0.432 bits per heavy atom. The Hall–Kier alpha value is -16.5. The van der Waals surface area contributed by atoms with Crippen molar-refractivity contribution >= 4 is 43.6 Å². The zero-order valence-corrected chi connectivity index (χ0v) is 62.2. The van der Waals surface area contributed by atoms with Gasteiger partial charge in [0.05, 0.1) is 62.3 Å². The molecule has 0 atom stereocenters. The molecule has 0 aliphatic heterocycles. The number of halogens is 3. The Balaban J connectivity index is 0.926. The lowest BCUT2D eigenvalue weighted by Crippen LogP contribution is -2.11. The Morgan fingerprint density at radius 1 is 0.220 bits per heavy atom. The predicted octanol–water partition coefficient (Wildman–Crippen LogP) is 23.1. The summed E-state index contributed by atoms with van der Waals surface area (Å²) >= 11 is 0. The van der Waals surface area contributed by atoms with Gasteiger partial charge >= 0.3 is 6.18 Å². The van der Waals surface area contributed by atoms with E-state index in [1.807, 2.05) is 331 Å². The predicted molar refractivity (Wildman–Crippen MR) is 454 cm³/mol. The van der Waals surface area contributed by atoms with Crippen LogP contribution in [0.1, 0.15) is 16.7 Å². The second kappa shape index (κ2) is 29.5. The van der Waals surface area contributed by atoms with Crippen LogP contribution >= 0.6 is 0 Å². The molecule has 0 saturated heterocycles. The van der Waals surface area contributed by atoms with Crippen molar-refractivity contribution < 1.29 is 13.2 Å². The van der Waals surface area contributed by atoms with Crippen molar-refractivity contribution in [2.24, 2.45) is 0 Å². The van der Waals surface area contributed by atoms with Crippen LogP contribution in [0.2, 0.25) is 0 Å². The van der Waals surface area contributed by atoms with Crippen molar-refractivity contribution in [3.8, 4) is 171 Å². The molecule has 118 heavy (non-hydrogen) atoms. The van der Waals surface area contributed by atoms with Crippen LogP contribution < -0.4 is 0 Å². The van der Waals surface area contributed by atoms with E-state index in [0.717, 1.165) is 50.6 Å². The minimum Gasteiger partial charge on any atom is -0.308 e. The first kappa shape index (κ1) is 70.6. The molecule has 0 fully saturated rings. The van der Waals surface area contributed by atoms with Gasteiger partial charge in [0.25, 0.3) is 0 Å². The summed E-state index contributed by atoms with van der Waals surface area (Å²) in [7, 11) is 0. The van der Waals surface area contributed by atoms with Gasteiger partial charge in [-0.05, 0) is 54.1 Å². The van der Waals surface area contributed by atoms with Gasteiger partial charge in [0.2, 0.25) is 0 Å². The molecule has 20 aromatic rings. The van der Waals surface area contributed by atoms with E-state index in [1.54, 1.807) is 12.1 Å². The molecular formula is C99H57F3N16. The van der Waals surface area contributed by atoms with Gasteiger partial charge < -0.3 is 9.13 Å². The van der Waals surface area contributed by atoms with E-state index in [9.17, 15) is 10.5 Å². The van der Waals surface area contributed by atoms with Gasteiger partial charge in [-0.25, -0.2) is 59.8 Å². The van der Waals surface area contributed by atoms with Crippen molar-refractivity contribution in [3.63, 3.8) is 0 Å². The van der Waals surface area contributed by atoms with Crippen LogP contribution in [0.5, 0.6) is 0 Å². The van der Waals surface area contributed by atoms with Gasteiger partial charge in [0, 0.05) is 93.9 Å². The molecule has 6 aromatic heterocycles. The van der Waals surface area contributed by atoms with Crippen molar-refractivity contribution in [2.45, 2.75) is 6.18 Å². The SMILES string of the molecule is N#Cc1cc(-n2c3cc(-c4nc(-c5ccccc5)nc(-c5ccccc5)n4)ccc3c3ccc(-c4nc(-c5ccccc5)nc(-c5ccccc5)n4)cc32)c(-c2ccc(C#N)cc2C(F)(F)F)c(-n2c3cc(-c4nc(-c5ccccc5)nc(-c5ccccc5)n4)ccc3c3ccc(-c4nc(-c5ccccc5)nc(-c5ccccc5)n4)cc32)c1. The van der Waals surface area contributed by atoms with Crippen LogP contribution in [0, 0.1) is 22.7 Å². The molecule has 14 aromatic carbocycles. The molecule has 0 N–H and O–H groups in total. The summed E-state index contributed by atoms with van der Waals surface area (Å²) in [5.74, 6) is 4.37. The molecule has 16 nitrogen and oxygen atoms in total. The molecule has 0 saturated carbocycles. The van der Waals surface area contributed by atoms with E-state index >= 15 is 13.2 Å². The van der Waals surface area contributed by atoms with Crippen molar-refractivity contribution in [1.29, 1.82) is 10.5 Å². The quantitative estimate of drug-likeness (QED) is 0.0934. The van der Waals surface area contributed by atoms with Crippen LogP contribution in [0.4, 0.5) is 13.2 Å². The van der Waals surface area contributed by atoms with E-state index in [-0.39, 0.29) is 33.6 Å². The number of hydrogen-bond donors (Lipinski definition) is 0. The summed E-state index contributed by atoms with van der Waals surface area (Å²) in [6, 6.07) is 111. The van der Waals surface area contributed by atoms with E-state index < -0.39 is 11.7 Å². The molecule has 0 amide bonds. The standard InChI is InChI=1S/C99H57F3N16/c100-99(101,102)79-51-60(58-103)41-46-78(79)86-84(117-80-54-70(95-109-87(62-25-9-1-10-26-62)105-88(110-95)63-27-11-2-12-28-63)42-47-74(80)75-48-43-71(55-81(75)117)96-111-89(64-29-13-3-14-30-64)106-90(112-96)65-31-15-4-16-32-65)52-61(59-104)53-85(86)118-82-56-72(97-113-91(66-33-17-5-18-34-66)107-92(114-97)67-35-19-6-20-36-67)44-49-76(82)77-50-45-73(57-83(77)118)98-115-93(68-37-21-7-22-38-68)108-94(116-98)69-39-23-8-24-40-69/h1-57H.